The zero-order valence-corrected chi connectivity index (χ0v) is 16.1. The minimum Gasteiger partial charge on any atom is -0.506 e. The second kappa shape index (κ2) is 8.68. The second-order valence-electron chi connectivity index (χ2n) is 4.87. The number of phenolic OH excluding ortho intramolecular Hbond substituents is 1. The van der Waals surface area contributed by atoms with E-state index in [0.29, 0.717) is 0 Å². The number of methoxy groups -OCH3 is 1. The van der Waals surface area contributed by atoms with Crippen LogP contribution in [-0.2, 0) is 9.53 Å². The van der Waals surface area contributed by atoms with E-state index in [-0.39, 0.29) is 43.7 Å². The normalized spacial score (nSPS) is 10.3. The molecular formula is C16H11Cl4NO5. The van der Waals surface area contributed by atoms with Gasteiger partial charge in [-0.05, 0) is 18.2 Å². The molecule has 1 amide bonds. The van der Waals surface area contributed by atoms with Crippen molar-refractivity contribution in [2.45, 2.75) is 0 Å². The lowest BCUT2D eigenvalue weighted by Gasteiger charge is -2.13. The van der Waals surface area contributed by atoms with E-state index in [0.717, 1.165) is 0 Å². The van der Waals surface area contributed by atoms with Crippen LogP contribution in [0.3, 0.4) is 0 Å². The standard InChI is InChI=1S/C16H11Cl4NO5/c1-25-14(22)6-26-13-5-12(9(18)4-10(13)19)21-16(24)8-2-7(17)3-11(20)15(8)23/h2-5,23H,6H2,1H3,(H,21,24). The van der Waals surface area contributed by atoms with Crippen LogP contribution in [0.1, 0.15) is 10.4 Å². The van der Waals surface area contributed by atoms with E-state index in [1.807, 2.05) is 0 Å². The summed E-state index contributed by atoms with van der Waals surface area (Å²) in [6.45, 7) is -0.379. The van der Waals surface area contributed by atoms with Crippen molar-refractivity contribution >= 4 is 64.0 Å². The van der Waals surface area contributed by atoms with Crippen LogP contribution in [0.2, 0.25) is 20.1 Å². The number of benzene rings is 2. The molecular weight excluding hydrogens is 428 g/mol. The van der Waals surface area contributed by atoms with Gasteiger partial charge in [0.25, 0.3) is 5.91 Å². The zero-order chi connectivity index (χ0) is 19.4. The summed E-state index contributed by atoms with van der Waals surface area (Å²) in [5.74, 6) is -1.65. The van der Waals surface area contributed by atoms with Crippen LogP contribution >= 0.6 is 46.4 Å². The number of anilines is 1. The van der Waals surface area contributed by atoms with Gasteiger partial charge in [-0.25, -0.2) is 4.79 Å². The molecule has 0 bridgehead atoms. The SMILES string of the molecule is COC(=O)COc1cc(NC(=O)c2cc(Cl)cc(Cl)c2O)c(Cl)cc1Cl. The number of hydrogen-bond donors (Lipinski definition) is 2. The van der Waals surface area contributed by atoms with Gasteiger partial charge < -0.3 is 19.9 Å². The van der Waals surface area contributed by atoms with Crippen molar-refractivity contribution in [2.24, 2.45) is 0 Å². The number of phenols is 1. The summed E-state index contributed by atoms with van der Waals surface area (Å²) in [6.07, 6.45) is 0. The Bertz CT molecular complexity index is 872. The fraction of sp³-hybridized carbons (Fsp3) is 0.125. The summed E-state index contributed by atoms with van der Waals surface area (Å²) in [6, 6.07) is 5.20. The van der Waals surface area contributed by atoms with E-state index in [1.165, 1.54) is 31.4 Å². The second-order valence-corrected chi connectivity index (χ2v) is 6.52. The highest BCUT2D eigenvalue weighted by atomic mass is 35.5. The fourth-order valence-corrected chi connectivity index (χ4v) is 2.84. The molecule has 0 unspecified atom stereocenters. The first-order valence-electron chi connectivity index (χ1n) is 6.91. The van der Waals surface area contributed by atoms with Crippen molar-refractivity contribution in [1.29, 1.82) is 0 Å². The average molecular weight is 439 g/mol. The van der Waals surface area contributed by atoms with E-state index in [9.17, 15) is 14.7 Å². The fourth-order valence-electron chi connectivity index (χ4n) is 1.86. The molecule has 0 heterocycles. The molecule has 26 heavy (non-hydrogen) atoms. The molecule has 138 valence electrons. The topological polar surface area (TPSA) is 84.9 Å². The van der Waals surface area contributed by atoms with E-state index in [4.69, 9.17) is 51.1 Å². The van der Waals surface area contributed by atoms with E-state index >= 15 is 0 Å². The molecule has 2 N–H and O–H groups in total. The van der Waals surface area contributed by atoms with Crippen LogP contribution in [0.5, 0.6) is 11.5 Å². The van der Waals surface area contributed by atoms with Crippen molar-refractivity contribution in [2.75, 3.05) is 19.0 Å². The third-order valence-electron chi connectivity index (χ3n) is 3.12. The van der Waals surface area contributed by atoms with Crippen LogP contribution in [0.4, 0.5) is 5.69 Å². The lowest BCUT2D eigenvalue weighted by atomic mass is 10.1. The number of ether oxygens (including phenoxy) is 2. The molecule has 6 nitrogen and oxygen atoms in total. The molecule has 0 aromatic heterocycles. The Morgan fingerprint density at radius 2 is 1.73 bits per heavy atom. The number of amides is 1. The summed E-state index contributed by atoms with van der Waals surface area (Å²) in [5.41, 5.74) is -0.0121. The minimum atomic E-state index is -0.713. The van der Waals surface area contributed by atoms with Crippen molar-refractivity contribution in [3.8, 4) is 11.5 Å². The number of aromatic hydroxyl groups is 1. The number of carbonyl (C=O) groups is 2. The zero-order valence-electron chi connectivity index (χ0n) is 13.1. The Labute approximate surface area is 168 Å². The largest absolute Gasteiger partial charge is 0.506 e. The predicted molar refractivity (Wildman–Crippen MR) is 100 cm³/mol. The van der Waals surface area contributed by atoms with Gasteiger partial charge in [-0.2, -0.15) is 0 Å². The molecule has 0 atom stereocenters. The molecule has 0 aliphatic heterocycles. The van der Waals surface area contributed by atoms with E-state index in [1.54, 1.807) is 0 Å². The van der Waals surface area contributed by atoms with Gasteiger partial charge in [0.15, 0.2) is 6.61 Å². The Morgan fingerprint density at radius 1 is 1.04 bits per heavy atom. The third kappa shape index (κ3) is 4.86. The maximum Gasteiger partial charge on any atom is 0.343 e. The molecule has 0 saturated heterocycles. The van der Waals surface area contributed by atoms with Crippen molar-refractivity contribution in [3.63, 3.8) is 0 Å². The highest BCUT2D eigenvalue weighted by molar-refractivity contribution is 6.38. The van der Waals surface area contributed by atoms with Crippen LogP contribution in [0.15, 0.2) is 24.3 Å². The first-order chi connectivity index (χ1) is 12.2. The molecule has 0 aliphatic rings. The molecule has 0 radical (unpaired) electrons. The lowest BCUT2D eigenvalue weighted by Crippen LogP contribution is -2.14. The Kier molecular flexibility index (Phi) is 6.83. The maximum atomic E-state index is 12.4. The number of hydrogen-bond acceptors (Lipinski definition) is 5. The molecule has 0 spiro atoms. The molecule has 0 saturated carbocycles. The molecule has 2 aromatic rings. The van der Waals surface area contributed by atoms with Crippen molar-refractivity contribution < 1.29 is 24.2 Å². The number of nitrogens with one attached hydrogen (secondary N) is 1. The summed E-state index contributed by atoms with van der Waals surface area (Å²) < 4.78 is 9.69. The summed E-state index contributed by atoms with van der Waals surface area (Å²) in [7, 11) is 1.21. The highest BCUT2D eigenvalue weighted by Crippen LogP contribution is 2.36. The summed E-state index contributed by atoms with van der Waals surface area (Å²) >= 11 is 23.7. The first kappa shape index (κ1) is 20.5. The van der Waals surface area contributed by atoms with E-state index in [2.05, 4.69) is 10.1 Å². The van der Waals surface area contributed by atoms with Crippen molar-refractivity contribution in [3.05, 3.63) is 49.9 Å². The maximum absolute atomic E-state index is 12.4. The Hall–Kier alpha value is -1.86. The highest BCUT2D eigenvalue weighted by Gasteiger charge is 2.18. The minimum absolute atomic E-state index is 0.0769. The van der Waals surface area contributed by atoms with Gasteiger partial charge in [0.2, 0.25) is 0 Å². The third-order valence-corrected chi connectivity index (χ3v) is 4.23. The average Bonchev–Trinajstić information content (AvgIpc) is 2.58. The van der Waals surface area contributed by atoms with Crippen molar-refractivity contribution in [1.82, 2.24) is 0 Å². The first-order valence-corrected chi connectivity index (χ1v) is 8.42. The monoisotopic (exact) mass is 437 g/mol. The van der Waals surface area contributed by atoms with Crippen LogP contribution in [0.25, 0.3) is 0 Å². The van der Waals surface area contributed by atoms with Gasteiger partial charge in [0, 0.05) is 11.1 Å². The lowest BCUT2D eigenvalue weighted by molar-refractivity contribution is -0.142. The molecule has 2 rings (SSSR count). The molecule has 2 aromatic carbocycles. The van der Waals surface area contributed by atoms with Crippen LogP contribution < -0.4 is 10.1 Å². The molecule has 0 fully saturated rings. The summed E-state index contributed by atoms with van der Waals surface area (Å²) in [4.78, 5) is 23.6. The van der Waals surface area contributed by atoms with E-state index < -0.39 is 17.6 Å². The van der Waals surface area contributed by atoms with Gasteiger partial charge >= 0.3 is 5.97 Å². The Balaban J connectivity index is 2.28. The van der Waals surface area contributed by atoms with Crippen LogP contribution in [-0.4, -0.2) is 30.7 Å². The molecule has 0 aliphatic carbocycles. The van der Waals surface area contributed by atoms with Gasteiger partial charge in [0.05, 0.1) is 33.4 Å². The predicted octanol–water partition coefficient (Wildman–Crippen LogP) is 4.81. The Morgan fingerprint density at radius 3 is 2.38 bits per heavy atom. The van der Waals surface area contributed by atoms with Crippen LogP contribution in [0, 0.1) is 0 Å². The number of rotatable bonds is 5. The van der Waals surface area contributed by atoms with Gasteiger partial charge in [0.1, 0.15) is 11.5 Å². The van der Waals surface area contributed by atoms with Gasteiger partial charge in [-0.15, -0.1) is 0 Å². The molecule has 10 heteroatoms. The number of esters is 1. The number of carbonyl (C=O) groups excluding carboxylic acids is 2. The van der Waals surface area contributed by atoms with Gasteiger partial charge in [-0.1, -0.05) is 46.4 Å². The smallest absolute Gasteiger partial charge is 0.343 e. The number of halogens is 4. The quantitative estimate of drug-likeness (QED) is 0.654. The summed E-state index contributed by atoms with van der Waals surface area (Å²) in [5, 5.41) is 12.8. The van der Waals surface area contributed by atoms with Gasteiger partial charge in [-0.3, -0.25) is 4.79 Å².